The van der Waals surface area contributed by atoms with Crippen molar-refractivity contribution in [3.05, 3.63) is 63.7 Å². The molecular formula is C17H18ClFO. The Morgan fingerprint density at radius 1 is 1.15 bits per heavy atom. The van der Waals surface area contributed by atoms with Gasteiger partial charge in [0.25, 0.3) is 0 Å². The number of ether oxygens (including phenoxy) is 1. The lowest BCUT2D eigenvalue weighted by Crippen LogP contribution is -2.02. The Morgan fingerprint density at radius 3 is 2.35 bits per heavy atom. The van der Waals surface area contributed by atoms with Gasteiger partial charge in [-0.05, 0) is 42.2 Å². The number of halogens is 2. The Morgan fingerprint density at radius 2 is 1.80 bits per heavy atom. The standard InChI is InChI=1S/C17H18ClFO/c1-4-12-6-5-11(2)16(18)15(12)17(19)13-7-9-14(20-3)10-8-13/h5-10,17H,4H2,1-3H3. The van der Waals surface area contributed by atoms with Gasteiger partial charge in [-0.1, -0.05) is 42.8 Å². The van der Waals surface area contributed by atoms with Crippen molar-refractivity contribution in [1.82, 2.24) is 0 Å². The second-order valence-corrected chi connectivity index (χ2v) is 5.14. The van der Waals surface area contributed by atoms with Crippen LogP contribution in [0.15, 0.2) is 36.4 Å². The van der Waals surface area contributed by atoms with Crippen LogP contribution in [0.25, 0.3) is 0 Å². The van der Waals surface area contributed by atoms with E-state index in [2.05, 4.69) is 0 Å². The lowest BCUT2D eigenvalue weighted by molar-refractivity contribution is 0.396. The molecule has 2 aromatic rings. The van der Waals surface area contributed by atoms with Gasteiger partial charge in [0.05, 0.1) is 12.1 Å². The Balaban J connectivity index is 2.46. The van der Waals surface area contributed by atoms with Gasteiger partial charge in [0.1, 0.15) is 5.75 Å². The summed E-state index contributed by atoms with van der Waals surface area (Å²) in [6.07, 6.45) is -0.463. The van der Waals surface area contributed by atoms with Crippen molar-refractivity contribution in [3.63, 3.8) is 0 Å². The van der Waals surface area contributed by atoms with Crippen molar-refractivity contribution in [3.8, 4) is 5.75 Å². The molecule has 0 heterocycles. The quantitative estimate of drug-likeness (QED) is 0.745. The van der Waals surface area contributed by atoms with E-state index in [4.69, 9.17) is 16.3 Å². The SMILES string of the molecule is CCc1ccc(C)c(Cl)c1C(F)c1ccc(OC)cc1. The normalized spacial score (nSPS) is 12.2. The first-order chi connectivity index (χ1) is 9.58. The highest BCUT2D eigenvalue weighted by Crippen LogP contribution is 2.36. The van der Waals surface area contributed by atoms with Gasteiger partial charge in [0, 0.05) is 5.56 Å². The monoisotopic (exact) mass is 292 g/mol. The molecule has 0 saturated carbocycles. The number of alkyl halides is 1. The molecule has 1 atom stereocenters. The van der Waals surface area contributed by atoms with Crippen molar-refractivity contribution in [2.75, 3.05) is 7.11 Å². The molecule has 0 amide bonds. The van der Waals surface area contributed by atoms with E-state index >= 15 is 0 Å². The molecule has 0 aliphatic carbocycles. The first-order valence-electron chi connectivity index (χ1n) is 6.64. The third-order valence-electron chi connectivity index (χ3n) is 3.51. The highest BCUT2D eigenvalue weighted by Gasteiger charge is 2.20. The highest BCUT2D eigenvalue weighted by molar-refractivity contribution is 6.32. The van der Waals surface area contributed by atoms with E-state index < -0.39 is 6.17 Å². The van der Waals surface area contributed by atoms with Crippen LogP contribution in [0.1, 0.15) is 35.3 Å². The van der Waals surface area contributed by atoms with Gasteiger partial charge in [0.15, 0.2) is 6.17 Å². The zero-order valence-electron chi connectivity index (χ0n) is 11.9. The van der Waals surface area contributed by atoms with E-state index in [9.17, 15) is 4.39 Å². The summed E-state index contributed by atoms with van der Waals surface area (Å²) >= 11 is 6.32. The molecule has 0 aromatic heterocycles. The van der Waals surface area contributed by atoms with E-state index in [1.165, 1.54) is 0 Å². The van der Waals surface area contributed by atoms with Gasteiger partial charge in [0.2, 0.25) is 0 Å². The molecule has 0 radical (unpaired) electrons. The number of aryl methyl sites for hydroxylation is 2. The fourth-order valence-electron chi connectivity index (χ4n) is 2.26. The number of rotatable bonds is 4. The Bertz CT molecular complexity index is 593. The minimum Gasteiger partial charge on any atom is -0.497 e. The highest BCUT2D eigenvalue weighted by atomic mass is 35.5. The van der Waals surface area contributed by atoms with E-state index in [-0.39, 0.29) is 0 Å². The average Bonchev–Trinajstić information content (AvgIpc) is 2.49. The Labute approximate surface area is 124 Å². The summed E-state index contributed by atoms with van der Waals surface area (Å²) in [5, 5.41) is 0.521. The zero-order valence-corrected chi connectivity index (χ0v) is 12.7. The molecule has 1 unspecified atom stereocenters. The molecule has 0 aliphatic heterocycles. The van der Waals surface area contributed by atoms with Crippen LogP contribution in [0.4, 0.5) is 4.39 Å². The van der Waals surface area contributed by atoms with Crippen LogP contribution in [0.2, 0.25) is 5.02 Å². The molecular weight excluding hydrogens is 275 g/mol. The lowest BCUT2D eigenvalue weighted by Gasteiger charge is -2.17. The third kappa shape index (κ3) is 2.80. The minimum atomic E-state index is -1.22. The molecule has 2 aromatic carbocycles. The van der Waals surface area contributed by atoms with Crippen LogP contribution in [-0.4, -0.2) is 7.11 Å². The molecule has 20 heavy (non-hydrogen) atoms. The van der Waals surface area contributed by atoms with Gasteiger partial charge in [-0.3, -0.25) is 0 Å². The lowest BCUT2D eigenvalue weighted by atomic mass is 9.94. The van der Waals surface area contributed by atoms with Gasteiger partial charge < -0.3 is 4.74 Å². The molecule has 0 bridgehead atoms. The van der Waals surface area contributed by atoms with Crippen LogP contribution in [0, 0.1) is 6.92 Å². The first kappa shape index (κ1) is 14.9. The van der Waals surface area contributed by atoms with E-state index in [0.717, 1.165) is 17.5 Å². The predicted molar refractivity (Wildman–Crippen MR) is 81.5 cm³/mol. The maximum absolute atomic E-state index is 14.9. The molecule has 0 spiro atoms. The van der Waals surface area contributed by atoms with Crippen molar-refractivity contribution >= 4 is 11.6 Å². The molecule has 3 heteroatoms. The Hall–Kier alpha value is -1.54. The zero-order chi connectivity index (χ0) is 14.7. The summed E-state index contributed by atoms with van der Waals surface area (Å²) in [7, 11) is 1.59. The molecule has 0 saturated heterocycles. The van der Waals surface area contributed by atoms with Crippen LogP contribution >= 0.6 is 11.6 Å². The largest absolute Gasteiger partial charge is 0.497 e. The Kier molecular flexibility index (Phi) is 4.66. The third-order valence-corrected chi connectivity index (χ3v) is 4.01. The summed E-state index contributed by atoms with van der Waals surface area (Å²) in [6, 6.07) is 10.9. The predicted octanol–water partition coefficient (Wildman–Crippen LogP) is 5.28. The number of methoxy groups -OCH3 is 1. The molecule has 106 valence electrons. The van der Waals surface area contributed by atoms with Crippen molar-refractivity contribution in [1.29, 1.82) is 0 Å². The summed E-state index contributed by atoms with van der Waals surface area (Å²) in [6.45, 7) is 3.90. The van der Waals surface area contributed by atoms with E-state index in [1.807, 2.05) is 26.0 Å². The van der Waals surface area contributed by atoms with Gasteiger partial charge >= 0.3 is 0 Å². The maximum Gasteiger partial charge on any atom is 0.152 e. The molecule has 0 fully saturated rings. The van der Waals surface area contributed by atoms with Gasteiger partial charge in [-0.25, -0.2) is 4.39 Å². The molecule has 0 N–H and O–H groups in total. The number of benzene rings is 2. The molecule has 2 rings (SSSR count). The minimum absolute atomic E-state index is 0.521. The van der Waals surface area contributed by atoms with E-state index in [1.54, 1.807) is 31.4 Å². The van der Waals surface area contributed by atoms with Gasteiger partial charge in [-0.15, -0.1) is 0 Å². The summed E-state index contributed by atoms with van der Waals surface area (Å²) in [5.74, 6) is 0.715. The van der Waals surface area contributed by atoms with Crippen molar-refractivity contribution in [2.45, 2.75) is 26.4 Å². The van der Waals surface area contributed by atoms with Gasteiger partial charge in [-0.2, -0.15) is 0 Å². The smallest absolute Gasteiger partial charge is 0.152 e. The fraction of sp³-hybridized carbons (Fsp3) is 0.294. The van der Waals surface area contributed by atoms with E-state index in [0.29, 0.717) is 21.9 Å². The van der Waals surface area contributed by atoms with Crippen molar-refractivity contribution < 1.29 is 9.13 Å². The fourth-order valence-corrected chi connectivity index (χ4v) is 2.54. The summed E-state index contributed by atoms with van der Waals surface area (Å²) in [4.78, 5) is 0. The average molecular weight is 293 g/mol. The topological polar surface area (TPSA) is 9.23 Å². The molecule has 1 nitrogen and oxygen atoms in total. The maximum atomic E-state index is 14.9. The van der Waals surface area contributed by atoms with Crippen LogP contribution in [-0.2, 0) is 6.42 Å². The summed E-state index contributed by atoms with van der Waals surface area (Å²) in [5.41, 5.74) is 3.02. The number of hydrogen-bond donors (Lipinski definition) is 0. The molecule has 0 aliphatic rings. The van der Waals surface area contributed by atoms with Crippen LogP contribution < -0.4 is 4.74 Å². The van der Waals surface area contributed by atoms with Crippen LogP contribution in [0.3, 0.4) is 0 Å². The summed E-state index contributed by atoms with van der Waals surface area (Å²) < 4.78 is 20.0. The number of hydrogen-bond acceptors (Lipinski definition) is 1. The first-order valence-corrected chi connectivity index (χ1v) is 7.02. The second-order valence-electron chi connectivity index (χ2n) is 4.76. The van der Waals surface area contributed by atoms with Crippen LogP contribution in [0.5, 0.6) is 5.75 Å². The second kappa shape index (κ2) is 6.27. The van der Waals surface area contributed by atoms with Crippen molar-refractivity contribution in [2.24, 2.45) is 0 Å².